The molecule has 3 aromatic rings. The van der Waals surface area contributed by atoms with Crippen LogP contribution in [0.2, 0.25) is 0 Å². The summed E-state index contributed by atoms with van der Waals surface area (Å²) in [7, 11) is 0. The van der Waals surface area contributed by atoms with Crippen LogP contribution in [0.15, 0.2) is 65.8 Å². The third-order valence-corrected chi connectivity index (χ3v) is 5.00. The molecule has 0 bridgehead atoms. The van der Waals surface area contributed by atoms with Crippen LogP contribution in [0.5, 0.6) is 0 Å². The van der Waals surface area contributed by atoms with Gasteiger partial charge in [0.25, 0.3) is 0 Å². The average Bonchev–Trinajstić information content (AvgIpc) is 3.14. The SMILES string of the molecule is CC(CNCCCSc1nnnn1-c1ccccc1)c1ccccc1. The van der Waals surface area contributed by atoms with Crippen LogP contribution in [0.3, 0.4) is 0 Å². The molecule has 0 aliphatic carbocycles. The van der Waals surface area contributed by atoms with Crippen molar-refractivity contribution < 1.29 is 0 Å². The average molecular weight is 353 g/mol. The van der Waals surface area contributed by atoms with Gasteiger partial charge in [-0.1, -0.05) is 67.2 Å². The van der Waals surface area contributed by atoms with E-state index in [-0.39, 0.29) is 0 Å². The van der Waals surface area contributed by atoms with Crippen molar-refractivity contribution in [1.29, 1.82) is 0 Å². The first-order chi connectivity index (χ1) is 12.3. The Hall–Kier alpha value is -2.18. The number of rotatable bonds is 9. The summed E-state index contributed by atoms with van der Waals surface area (Å²) < 4.78 is 1.79. The minimum absolute atomic E-state index is 0.527. The highest BCUT2D eigenvalue weighted by atomic mass is 32.2. The molecular weight excluding hydrogens is 330 g/mol. The fourth-order valence-corrected chi connectivity index (χ4v) is 3.41. The van der Waals surface area contributed by atoms with E-state index in [0.29, 0.717) is 5.92 Å². The van der Waals surface area contributed by atoms with E-state index in [1.165, 1.54) is 5.56 Å². The zero-order chi connectivity index (χ0) is 17.3. The molecule has 0 saturated heterocycles. The fourth-order valence-electron chi connectivity index (χ4n) is 2.58. The molecule has 2 aromatic carbocycles. The lowest BCUT2D eigenvalue weighted by Gasteiger charge is -2.12. The molecule has 0 spiro atoms. The van der Waals surface area contributed by atoms with E-state index in [2.05, 4.69) is 58.1 Å². The smallest absolute Gasteiger partial charge is 0.214 e. The van der Waals surface area contributed by atoms with Crippen molar-refractivity contribution in [3.8, 4) is 5.69 Å². The van der Waals surface area contributed by atoms with Gasteiger partial charge in [-0.3, -0.25) is 0 Å². The molecular formula is C19H23N5S. The normalized spacial score (nSPS) is 12.2. The van der Waals surface area contributed by atoms with Crippen LogP contribution in [-0.4, -0.2) is 39.0 Å². The summed E-state index contributed by atoms with van der Waals surface area (Å²) in [6, 6.07) is 20.6. The summed E-state index contributed by atoms with van der Waals surface area (Å²) in [6.45, 7) is 4.25. The predicted octanol–water partition coefficient (Wildman–Crippen LogP) is 3.54. The van der Waals surface area contributed by atoms with Gasteiger partial charge >= 0.3 is 0 Å². The second-order valence-electron chi connectivity index (χ2n) is 5.93. The highest BCUT2D eigenvalue weighted by Crippen LogP contribution is 2.18. The lowest BCUT2D eigenvalue weighted by Crippen LogP contribution is -2.21. The van der Waals surface area contributed by atoms with Gasteiger partial charge in [0.05, 0.1) is 5.69 Å². The standard InChI is InChI=1S/C19H23N5S/c1-16(17-9-4-2-5-10-17)15-20-13-8-14-25-19-21-22-23-24(19)18-11-6-3-7-12-18/h2-7,9-12,16,20H,8,13-15H2,1H3. The number of thioether (sulfide) groups is 1. The van der Waals surface area contributed by atoms with Gasteiger partial charge < -0.3 is 5.32 Å². The van der Waals surface area contributed by atoms with Crippen LogP contribution in [0.4, 0.5) is 0 Å². The van der Waals surface area contributed by atoms with Crippen molar-refractivity contribution in [3.63, 3.8) is 0 Å². The summed E-state index contributed by atoms with van der Waals surface area (Å²) in [6.07, 6.45) is 1.08. The lowest BCUT2D eigenvalue weighted by molar-refractivity contribution is 0.611. The first-order valence-corrected chi connectivity index (χ1v) is 9.55. The van der Waals surface area contributed by atoms with E-state index in [4.69, 9.17) is 0 Å². The number of para-hydroxylation sites is 1. The number of hydrogen-bond acceptors (Lipinski definition) is 5. The third-order valence-electron chi connectivity index (χ3n) is 3.99. The minimum atomic E-state index is 0.527. The third kappa shape index (κ3) is 5.14. The molecule has 0 fully saturated rings. The number of tetrazole rings is 1. The Bertz CT molecular complexity index is 745. The zero-order valence-corrected chi connectivity index (χ0v) is 15.2. The molecule has 0 aliphatic heterocycles. The number of nitrogens with one attached hydrogen (secondary N) is 1. The molecule has 5 nitrogen and oxygen atoms in total. The van der Waals surface area contributed by atoms with E-state index in [0.717, 1.165) is 36.1 Å². The van der Waals surface area contributed by atoms with Gasteiger partial charge in [-0.2, -0.15) is 4.68 Å². The molecule has 0 aliphatic rings. The second kappa shape index (κ2) is 9.34. The minimum Gasteiger partial charge on any atom is -0.316 e. The highest BCUT2D eigenvalue weighted by Gasteiger charge is 2.08. The quantitative estimate of drug-likeness (QED) is 0.471. The molecule has 0 amide bonds. The van der Waals surface area contributed by atoms with Crippen LogP contribution in [0, 0.1) is 0 Å². The topological polar surface area (TPSA) is 55.6 Å². The van der Waals surface area contributed by atoms with Gasteiger partial charge in [0.2, 0.25) is 5.16 Å². The molecule has 3 rings (SSSR count). The first-order valence-electron chi connectivity index (χ1n) is 8.57. The van der Waals surface area contributed by atoms with E-state index in [1.807, 2.05) is 30.3 Å². The Morgan fingerprint density at radius 2 is 1.76 bits per heavy atom. The van der Waals surface area contributed by atoms with E-state index in [1.54, 1.807) is 16.4 Å². The maximum atomic E-state index is 4.12. The van der Waals surface area contributed by atoms with Crippen LogP contribution in [0.25, 0.3) is 5.69 Å². The summed E-state index contributed by atoms with van der Waals surface area (Å²) in [5.74, 6) is 1.51. The molecule has 0 radical (unpaired) electrons. The van der Waals surface area contributed by atoms with Gasteiger partial charge in [-0.05, 0) is 47.0 Å². The van der Waals surface area contributed by atoms with Crippen molar-refractivity contribution in [2.24, 2.45) is 0 Å². The Kier molecular flexibility index (Phi) is 6.59. The highest BCUT2D eigenvalue weighted by molar-refractivity contribution is 7.99. The van der Waals surface area contributed by atoms with Crippen molar-refractivity contribution in [3.05, 3.63) is 66.2 Å². The first kappa shape index (κ1) is 17.6. The van der Waals surface area contributed by atoms with Gasteiger partial charge in [0, 0.05) is 12.3 Å². The van der Waals surface area contributed by atoms with Crippen LogP contribution >= 0.6 is 11.8 Å². The van der Waals surface area contributed by atoms with Gasteiger partial charge in [-0.25, -0.2) is 0 Å². The fraction of sp³-hybridized carbons (Fsp3) is 0.316. The Labute approximate surface area is 152 Å². The van der Waals surface area contributed by atoms with Crippen LogP contribution in [0.1, 0.15) is 24.8 Å². The predicted molar refractivity (Wildman–Crippen MR) is 102 cm³/mol. The molecule has 25 heavy (non-hydrogen) atoms. The van der Waals surface area contributed by atoms with Gasteiger partial charge in [0.15, 0.2) is 0 Å². The number of hydrogen-bond donors (Lipinski definition) is 1. The second-order valence-corrected chi connectivity index (χ2v) is 6.99. The van der Waals surface area contributed by atoms with E-state index < -0.39 is 0 Å². The Balaban J connectivity index is 1.38. The van der Waals surface area contributed by atoms with Crippen molar-refractivity contribution in [2.75, 3.05) is 18.8 Å². The Morgan fingerprint density at radius 3 is 2.52 bits per heavy atom. The maximum absolute atomic E-state index is 4.12. The maximum Gasteiger partial charge on any atom is 0.214 e. The molecule has 0 saturated carbocycles. The largest absolute Gasteiger partial charge is 0.316 e. The van der Waals surface area contributed by atoms with Crippen molar-refractivity contribution >= 4 is 11.8 Å². The van der Waals surface area contributed by atoms with E-state index in [9.17, 15) is 0 Å². The Morgan fingerprint density at radius 1 is 1.04 bits per heavy atom. The van der Waals surface area contributed by atoms with Gasteiger partial charge in [0.1, 0.15) is 0 Å². The molecule has 1 atom stereocenters. The monoisotopic (exact) mass is 353 g/mol. The molecule has 1 aromatic heterocycles. The molecule has 1 N–H and O–H groups in total. The van der Waals surface area contributed by atoms with Crippen LogP contribution < -0.4 is 5.32 Å². The van der Waals surface area contributed by atoms with E-state index >= 15 is 0 Å². The van der Waals surface area contributed by atoms with Crippen molar-refractivity contribution in [1.82, 2.24) is 25.5 Å². The van der Waals surface area contributed by atoms with Crippen LogP contribution in [-0.2, 0) is 0 Å². The summed E-state index contributed by atoms with van der Waals surface area (Å²) in [5, 5.41) is 16.4. The molecule has 1 heterocycles. The molecule has 130 valence electrons. The summed E-state index contributed by atoms with van der Waals surface area (Å²) in [4.78, 5) is 0. The number of nitrogens with zero attached hydrogens (tertiary/aromatic N) is 4. The summed E-state index contributed by atoms with van der Waals surface area (Å²) >= 11 is 1.69. The van der Waals surface area contributed by atoms with Gasteiger partial charge in [-0.15, -0.1) is 5.10 Å². The number of benzene rings is 2. The van der Waals surface area contributed by atoms with Crippen molar-refractivity contribution in [2.45, 2.75) is 24.4 Å². The number of aromatic nitrogens is 4. The molecule has 1 unspecified atom stereocenters. The molecule has 6 heteroatoms. The lowest BCUT2D eigenvalue weighted by atomic mass is 10.0. The zero-order valence-electron chi connectivity index (χ0n) is 14.4. The summed E-state index contributed by atoms with van der Waals surface area (Å²) in [5.41, 5.74) is 2.37.